The molecule has 0 radical (unpaired) electrons. The third kappa shape index (κ3) is 7.97. The third-order valence-electron chi connectivity index (χ3n) is 19.3. The van der Waals surface area contributed by atoms with E-state index in [0.29, 0.717) is 0 Å². The second kappa shape index (κ2) is 20.3. The molecule has 0 saturated carbocycles. The van der Waals surface area contributed by atoms with E-state index in [4.69, 9.17) is 4.98 Å². The molecule has 0 fully saturated rings. The molecule has 5 heteroatoms. The first-order valence-corrected chi connectivity index (χ1v) is 30.9. The molecule has 5 nitrogen and oxygen atoms in total. The molecule has 3 aliphatic heterocycles. The van der Waals surface area contributed by atoms with Crippen LogP contribution in [-0.2, 0) is 0 Å². The lowest BCUT2D eigenvalue weighted by Gasteiger charge is -2.33. The summed E-state index contributed by atoms with van der Waals surface area (Å²) in [7, 11) is 0. The summed E-state index contributed by atoms with van der Waals surface area (Å²) in [5.41, 5.74) is 25.5. The summed E-state index contributed by atoms with van der Waals surface area (Å²) in [6.07, 6.45) is 27.5. The van der Waals surface area contributed by atoms with Gasteiger partial charge in [-0.3, -0.25) is 0 Å². The molecule has 12 aromatic rings. The van der Waals surface area contributed by atoms with Crippen molar-refractivity contribution in [3.63, 3.8) is 0 Å². The number of para-hydroxylation sites is 5. The van der Waals surface area contributed by atoms with Crippen molar-refractivity contribution in [1.29, 1.82) is 0 Å². The van der Waals surface area contributed by atoms with Crippen LogP contribution in [0.2, 0.25) is 0 Å². The van der Waals surface area contributed by atoms with Crippen molar-refractivity contribution in [2.75, 3.05) is 14.7 Å². The Morgan fingerprint density at radius 3 is 1.18 bits per heavy atom. The van der Waals surface area contributed by atoms with Crippen molar-refractivity contribution in [3.05, 3.63) is 338 Å². The standard InChI is InChI=1S/C83H59N5/c1-2-22-54(23-3-1)59-50-72(57-26-20-24-55(48-57)70-52-60(85-74-36-12-4-28-62(74)63-29-5-13-37-75(63)85)44-46-82(70)87-78-40-16-8-32-66(78)67-33-9-17-41-79(67)87)84-73(51-59)58-27-21-25-56(49-58)71-53-61(86-76-38-14-6-30-64(76)65-31-7-15-39-77(65)86)45-47-83(71)88-80-42-18-10-34-68(80)69-35-11-19-43-81(69)88/h1-53,62,66,68,74,78,80H. The molecule has 6 aliphatic rings. The number of allylic oxidation sites excluding steroid dienone is 6. The third-order valence-corrected chi connectivity index (χ3v) is 19.3. The molecule has 0 N–H and O–H groups in total. The number of aromatic nitrogens is 2. The minimum absolute atomic E-state index is 0.129. The van der Waals surface area contributed by atoms with Gasteiger partial charge in [-0.25, -0.2) is 4.98 Å². The fraction of sp³-hybridized carbons (Fsp3) is 0.0723. The van der Waals surface area contributed by atoms with Crippen molar-refractivity contribution in [1.82, 2.24) is 9.55 Å². The second-order valence-corrected chi connectivity index (χ2v) is 24.1. The normalized spacial score (nSPS) is 19.7. The highest BCUT2D eigenvalue weighted by Gasteiger charge is 2.41. The molecule has 6 unspecified atom stereocenters. The topological polar surface area (TPSA) is 27.5 Å². The smallest absolute Gasteiger partial charge is 0.0715 e. The van der Waals surface area contributed by atoms with Gasteiger partial charge in [-0.2, -0.15) is 0 Å². The number of benzene rings is 10. The first-order valence-electron chi connectivity index (χ1n) is 30.9. The summed E-state index contributed by atoms with van der Waals surface area (Å²) >= 11 is 0. The quantitative estimate of drug-likeness (QED) is 0.144. The number of hydrogen-bond acceptors (Lipinski definition) is 4. The molecule has 2 aromatic heterocycles. The van der Waals surface area contributed by atoms with Gasteiger partial charge in [0.25, 0.3) is 0 Å². The Bertz CT molecular complexity index is 4960. The van der Waals surface area contributed by atoms with Crippen LogP contribution in [0.3, 0.4) is 0 Å². The van der Waals surface area contributed by atoms with Crippen LogP contribution in [0, 0.1) is 0 Å². The van der Waals surface area contributed by atoms with E-state index in [-0.39, 0.29) is 35.9 Å². The minimum atomic E-state index is 0.129. The molecule has 0 spiro atoms. The number of anilines is 6. The van der Waals surface area contributed by atoms with Crippen LogP contribution in [0.15, 0.2) is 322 Å². The maximum Gasteiger partial charge on any atom is 0.0715 e. The Morgan fingerprint density at radius 1 is 0.261 bits per heavy atom. The first-order chi connectivity index (χ1) is 43.7. The maximum atomic E-state index is 5.73. The predicted octanol–water partition coefficient (Wildman–Crippen LogP) is 20.7. The highest BCUT2D eigenvalue weighted by molar-refractivity contribution is 6.09. The Labute approximate surface area is 513 Å². The monoisotopic (exact) mass is 1130 g/mol. The Hall–Kier alpha value is -11.0. The largest absolute Gasteiger partial charge is 0.333 e. The first kappa shape index (κ1) is 50.3. The number of fused-ring (bicyclic) bond motifs is 12. The molecule has 0 bridgehead atoms. The average Bonchev–Trinajstić information content (AvgIpc) is 1.76. The highest BCUT2D eigenvalue weighted by atomic mass is 15.2. The Kier molecular flexibility index (Phi) is 11.6. The van der Waals surface area contributed by atoms with Gasteiger partial charge >= 0.3 is 0 Å². The van der Waals surface area contributed by atoms with Gasteiger partial charge in [0.1, 0.15) is 0 Å². The molecular weight excluding hydrogens is 1070 g/mol. The molecule has 416 valence electrons. The number of pyridine rings is 1. The van der Waals surface area contributed by atoms with Crippen molar-refractivity contribution >= 4 is 55.9 Å². The molecule has 5 heterocycles. The molecule has 0 saturated heterocycles. The Morgan fingerprint density at radius 2 is 0.659 bits per heavy atom. The lowest BCUT2D eigenvalue weighted by molar-refractivity contribution is 0.741. The van der Waals surface area contributed by atoms with Crippen molar-refractivity contribution in [3.8, 4) is 61.6 Å². The highest BCUT2D eigenvalue weighted by Crippen LogP contribution is 2.55. The number of hydrogen-bond donors (Lipinski definition) is 0. The number of rotatable bonds is 9. The zero-order valence-corrected chi connectivity index (χ0v) is 48.3. The van der Waals surface area contributed by atoms with E-state index in [1.54, 1.807) is 0 Å². The molecular formula is C83H59N5. The van der Waals surface area contributed by atoms with Crippen LogP contribution in [-0.4, -0.2) is 27.7 Å². The van der Waals surface area contributed by atoms with Crippen LogP contribution < -0.4 is 14.7 Å². The summed E-state index contributed by atoms with van der Waals surface area (Å²) in [5.74, 6) is 0.766. The molecule has 10 aromatic carbocycles. The zero-order chi connectivity index (χ0) is 57.8. The van der Waals surface area contributed by atoms with Crippen LogP contribution in [0.25, 0.3) is 83.4 Å². The molecule has 18 rings (SSSR count). The Balaban J connectivity index is 0.801. The molecule has 6 atom stereocenters. The van der Waals surface area contributed by atoms with E-state index in [2.05, 4.69) is 341 Å². The number of nitrogens with zero attached hydrogens (tertiary/aromatic N) is 5. The summed E-state index contributed by atoms with van der Waals surface area (Å²) in [4.78, 5) is 13.5. The lowest BCUT2D eigenvalue weighted by atomic mass is 9.91. The van der Waals surface area contributed by atoms with E-state index in [0.717, 1.165) is 56.0 Å². The minimum Gasteiger partial charge on any atom is -0.333 e. The van der Waals surface area contributed by atoms with Gasteiger partial charge in [0.05, 0.1) is 40.5 Å². The van der Waals surface area contributed by atoms with Gasteiger partial charge in [-0.1, -0.05) is 231 Å². The van der Waals surface area contributed by atoms with E-state index in [1.165, 1.54) is 78.2 Å². The van der Waals surface area contributed by atoms with Crippen LogP contribution in [0.5, 0.6) is 0 Å². The predicted molar refractivity (Wildman–Crippen MR) is 366 cm³/mol. The summed E-state index contributed by atoms with van der Waals surface area (Å²) < 4.78 is 2.44. The van der Waals surface area contributed by atoms with E-state index in [9.17, 15) is 0 Å². The van der Waals surface area contributed by atoms with E-state index < -0.39 is 0 Å². The van der Waals surface area contributed by atoms with E-state index in [1.807, 2.05) is 0 Å². The molecule has 88 heavy (non-hydrogen) atoms. The maximum absolute atomic E-state index is 5.73. The zero-order valence-electron chi connectivity index (χ0n) is 48.3. The van der Waals surface area contributed by atoms with Crippen LogP contribution in [0.1, 0.15) is 34.4 Å². The fourth-order valence-corrected chi connectivity index (χ4v) is 15.5. The molecule has 0 amide bonds. The molecule has 3 aliphatic carbocycles. The van der Waals surface area contributed by atoms with Crippen LogP contribution in [0.4, 0.5) is 34.1 Å². The fourth-order valence-electron chi connectivity index (χ4n) is 15.5. The van der Waals surface area contributed by atoms with Gasteiger partial charge < -0.3 is 19.3 Å². The van der Waals surface area contributed by atoms with Gasteiger partial charge in [-0.15, -0.1) is 0 Å². The van der Waals surface area contributed by atoms with Gasteiger partial charge in [0.15, 0.2) is 0 Å². The summed E-state index contributed by atoms with van der Waals surface area (Å²) in [6, 6.07) is 92.8. The lowest BCUT2D eigenvalue weighted by Crippen LogP contribution is -2.30. The SMILES string of the molecule is C1=CC2c3ccccc3N(c3ccc(N4c5ccccc5C5C=CC=CC54)c(-c4cccc(-c5cc(-c6ccccc6)cc(-c6cccc(-c7cc(-n8c9ccccc9c9ccccc98)ccc7N7c8ccccc8C8C=CC=CC87)c6)n5)c4)c3)C2C=C1. The summed E-state index contributed by atoms with van der Waals surface area (Å²) in [6.45, 7) is 0. The van der Waals surface area contributed by atoms with Gasteiger partial charge in [0, 0.05) is 90.6 Å². The van der Waals surface area contributed by atoms with Crippen molar-refractivity contribution in [2.45, 2.75) is 35.9 Å². The van der Waals surface area contributed by atoms with Gasteiger partial charge in [-0.05, 0) is 130 Å². The van der Waals surface area contributed by atoms with Gasteiger partial charge in [0.2, 0.25) is 0 Å². The average molecular weight is 1130 g/mol. The van der Waals surface area contributed by atoms with Crippen molar-refractivity contribution in [2.24, 2.45) is 0 Å². The summed E-state index contributed by atoms with van der Waals surface area (Å²) in [5, 5.41) is 2.49. The van der Waals surface area contributed by atoms with Crippen molar-refractivity contribution < 1.29 is 0 Å². The van der Waals surface area contributed by atoms with Crippen LogP contribution >= 0.6 is 0 Å². The second-order valence-electron chi connectivity index (χ2n) is 24.1. The van der Waals surface area contributed by atoms with E-state index >= 15 is 0 Å².